The van der Waals surface area contributed by atoms with E-state index < -0.39 is 11.7 Å². The highest BCUT2D eigenvalue weighted by Gasteiger charge is 2.35. The fourth-order valence-electron chi connectivity index (χ4n) is 4.30. The van der Waals surface area contributed by atoms with Gasteiger partial charge in [-0.25, -0.2) is 9.67 Å². The van der Waals surface area contributed by atoms with Crippen LogP contribution in [-0.4, -0.2) is 57.0 Å². The molecule has 2 fully saturated rings. The minimum Gasteiger partial charge on any atom is -0.379 e. The van der Waals surface area contributed by atoms with Crippen LogP contribution in [0.1, 0.15) is 56.5 Å². The van der Waals surface area contributed by atoms with Gasteiger partial charge in [0, 0.05) is 49.0 Å². The van der Waals surface area contributed by atoms with E-state index in [1.54, 1.807) is 0 Å². The van der Waals surface area contributed by atoms with E-state index in [2.05, 4.69) is 20.0 Å². The van der Waals surface area contributed by atoms with Gasteiger partial charge in [0.2, 0.25) is 0 Å². The van der Waals surface area contributed by atoms with Crippen molar-refractivity contribution in [1.82, 2.24) is 24.6 Å². The van der Waals surface area contributed by atoms with Crippen LogP contribution in [-0.2, 0) is 10.9 Å². The molecule has 0 amide bonds. The molecule has 2 aromatic heterocycles. The Morgan fingerprint density at radius 3 is 2.59 bits per heavy atom. The Morgan fingerprint density at radius 1 is 1.14 bits per heavy atom. The van der Waals surface area contributed by atoms with Crippen LogP contribution < -0.4 is 0 Å². The second kappa shape index (κ2) is 8.02. The molecule has 2 aliphatic rings. The van der Waals surface area contributed by atoms with Crippen LogP contribution in [0.4, 0.5) is 13.2 Å². The van der Waals surface area contributed by atoms with Gasteiger partial charge in [0.25, 0.3) is 0 Å². The van der Waals surface area contributed by atoms with E-state index in [0.29, 0.717) is 17.4 Å². The SMILES string of the molecule is CC(C)n1nc(-c2cncc(C(F)(F)F)c2)nc1[C@@H]1CC[C@@H](N2CCOCC2)C1. The minimum absolute atomic E-state index is 0.0763. The molecule has 158 valence electrons. The van der Waals surface area contributed by atoms with Crippen LogP contribution in [0.15, 0.2) is 18.5 Å². The second-order valence-electron chi connectivity index (χ2n) is 8.10. The zero-order valence-electron chi connectivity index (χ0n) is 16.7. The predicted octanol–water partition coefficient (Wildman–Crippen LogP) is 3.91. The van der Waals surface area contributed by atoms with Crippen molar-refractivity contribution in [2.75, 3.05) is 26.3 Å². The van der Waals surface area contributed by atoms with Gasteiger partial charge in [0.1, 0.15) is 5.82 Å². The summed E-state index contributed by atoms with van der Waals surface area (Å²) in [6, 6.07) is 1.65. The number of alkyl halides is 3. The molecule has 0 radical (unpaired) electrons. The van der Waals surface area contributed by atoms with E-state index in [9.17, 15) is 13.2 Å². The van der Waals surface area contributed by atoms with Crippen molar-refractivity contribution in [2.45, 2.75) is 57.3 Å². The third-order valence-electron chi connectivity index (χ3n) is 5.80. The first-order valence-corrected chi connectivity index (χ1v) is 10.1. The third-order valence-corrected chi connectivity index (χ3v) is 5.80. The number of hydrogen-bond donors (Lipinski definition) is 0. The quantitative estimate of drug-likeness (QED) is 0.767. The Labute approximate surface area is 168 Å². The summed E-state index contributed by atoms with van der Waals surface area (Å²) >= 11 is 0. The first-order valence-electron chi connectivity index (χ1n) is 10.1. The number of morpholine rings is 1. The molecule has 6 nitrogen and oxygen atoms in total. The summed E-state index contributed by atoms with van der Waals surface area (Å²) < 4.78 is 46.5. The van der Waals surface area contributed by atoms with Gasteiger partial charge in [0.05, 0.1) is 18.8 Å². The lowest BCUT2D eigenvalue weighted by Crippen LogP contribution is -2.42. The number of aromatic nitrogens is 4. The summed E-state index contributed by atoms with van der Waals surface area (Å²) in [6.45, 7) is 7.48. The van der Waals surface area contributed by atoms with Gasteiger partial charge in [-0.15, -0.1) is 0 Å². The first-order chi connectivity index (χ1) is 13.8. The van der Waals surface area contributed by atoms with Gasteiger partial charge in [-0.3, -0.25) is 9.88 Å². The summed E-state index contributed by atoms with van der Waals surface area (Å²) in [4.78, 5) is 10.9. The number of halogens is 3. The van der Waals surface area contributed by atoms with E-state index in [0.717, 1.165) is 63.7 Å². The number of pyridine rings is 1. The molecular weight excluding hydrogens is 383 g/mol. The van der Waals surface area contributed by atoms with Crippen molar-refractivity contribution in [3.63, 3.8) is 0 Å². The molecule has 3 heterocycles. The van der Waals surface area contributed by atoms with Crippen LogP contribution in [0.3, 0.4) is 0 Å². The van der Waals surface area contributed by atoms with E-state index in [-0.39, 0.29) is 12.0 Å². The summed E-state index contributed by atoms with van der Waals surface area (Å²) in [7, 11) is 0. The van der Waals surface area contributed by atoms with Crippen LogP contribution in [0.2, 0.25) is 0 Å². The Balaban J connectivity index is 1.59. The maximum Gasteiger partial charge on any atom is 0.417 e. The van der Waals surface area contributed by atoms with Gasteiger partial charge in [-0.1, -0.05) is 0 Å². The Bertz CT molecular complexity index is 845. The molecule has 0 N–H and O–H groups in total. The third kappa shape index (κ3) is 4.30. The Morgan fingerprint density at radius 2 is 1.90 bits per heavy atom. The number of hydrogen-bond acceptors (Lipinski definition) is 5. The molecule has 1 saturated heterocycles. The maximum atomic E-state index is 13.1. The highest BCUT2D eigenvalue weighted by atomic mass is 19.4. The van der Waals surface area contributed by atoms with Crippen LogP contribution in [0, 0.1) is 0 Å². The number of ether oxygens (including phenoxy) is 1. The molecular formula is C20H26F3N5O. The Kier molecular flexibility index (Phi) is 5.61. The van der Waals surface area contributed by atoms with Crippen LogP contribution in [0.5, 0.6) is 0 Å². The highest BCUT2D eigenvalue weighted by Crippen LogP contribution is 2.38. The molecule has 1 saturated carbocycles. The molecule has 0 aromatic carbocycles. The molecule has 0 spiro atoms. The molecule has 2 atom stereocenters. The molecule has 1 aliphatic carbocycles. The maximum absolute atomic E-state index is 13.1. The van der Waals surface area contributed by atoms with E-state index in [1.807, 2.05) is 18.5 Å². The fraction of sp³-hybridized carbons (Fsp3) is 0.650. The van der Waals surface area contributed by atoms with E-state index >= 15 is 0 Å². The van der Waals surface area contributed by atoms with E-state index in [1.165, 1.54) is 6.20 Å². The molecule has 0 bridgehead atoms. The standard InChI is InChI=1S/C20H26F3N5O/c1-13(2)28-19(14-3-4-17(10-14)27-5-7-29-8-6-27)25-18(26-28)15-9-16(12-24-11-15)20(21,22)23/h9,11-14,17H,3-8,10H2,1-2H3/t14-,17-/m1/s1. The lowest BCUT2D eigenvalue weighted by Gasteiger charge is -2.32. The molecule has 1 aliphatic heterocycles. The average molecular weight is 409 g/mol. The Hall–Kier alpha value is -2.00. The van der Waals surface area contributed by atoms with Crippen LogP contribution >= 0.6 is 0 Å². The van der Waals surface area contributed by atoms with Crippen molar-refractivity contribution in [1.29, 1.82) is 0 Å². The summed E-state index contributed by atoms with van der Waals surface area (Å²) in [6.07, 6.45) is 0.872. The number of rotatable bonds is 4. The number of nitrogens with zero attached hydrogens (tertiary/aromatic N) is 5. The molecule has 2 aromatic rings. The second-order valence-corrected chi connectivity index (χ2v) is 8.10. The molecule has 29 heavy (non-hydrogen) atoms. The topological polar surface area (TPSA) is 56.1 Å². The van der Waals surface area contributed by atoms with Crippen molar-refractivity contribution < 1.29 is 17.9 Å². The summed E-state index contributed by atoms with van der Waals surface area (Å²) in [5.74, 6) is 1.43. The lowest BCUT2D eigenvalue weighted by molar-refractivity contribution is -0.137. The largest absolute Gasteiger partial charge is 0.417 e. The lowest BCUT2D eigenvalue weighted by atomic mass is 10.1. The van der Waals surface area contributed by atoms with Crippen molar-refractivity contribution in [3.8, 4) is 11.4 Å². The molecule has 0 unspecified atom stereocenters. The average Bonchev–Trinajstić information content (AvgIpc) is 3.35. The monoisotopic (exact) mass is 409 g/mol. The van der Waals surface area contributed by atoms with Crippen LogP contribution in [0.25, 0.3) is 11.4 Å². The van der Waals surface area contributed by atoms with Gasteiger partial charge in [-0.2, -0.15) is 18.3 Å². The fourth-order valence-corrected chi connectivity index (χ4v) is 4.30. The van der Waals surface area contributed by atoms with Crippen molar-refractivity contribution in [2.24, 2.45) is 0 Å². The zero-order valence-corrected chi connectivity index (χ0v) is 16.7. The van der Waals surface area contributed by atoms with Gasteiger partial charge in [-0.05, 0) is 39.2 Å². The molecule has 4 rings (SSSR count). The van der Waals surface area contributed by atoms with E-state index in [4.69, 9.17) is 4.74 Å². The van der Waals surface area contributed by atoms with Gasteiger partial charge in [0.15, 0.2) is 5.82 Å². The van der Waals surface area contributed by atoms with Crippen molar-refractivity contribution in [3.05, 3.63) is 29.8 Å². The minimum atomic E-state index is -4.44. The van der Waals surface area contributed by atoms with Gasteiger partial charge >= 0.3 is 6.18 Å². The van der Waals surface area contributed by atoms with Gasteiger partial charge < -0.3 is 4.74 Å². The summed E-state index contributed by atoms with van der Waals surface area (Å²) in [5, 5.41) is 4.55. The summed E-state index contributed by atoms with van der Waals surface area (Å²) in [5.41, 5.74) is -0.492. The molecule has 9 heteroatoms. The van der Waals surface area contributed by atoms with Crippen molar-refractivity contribution >= 4 is 0 Å². The smallest absolute Gasteiger partial charge is 0.379 e. The zero-order chi connectivity index (χ0) is 20.6. The first kappa shape index (κ1) is 20.3. The predicted molar refractivity (Wildman–Crippen MR) is 101 cm³/mol. The highest BCUT2D eigenvalue weighted by molar-refractivity contribution is 5.54. The normalized spacial score (nSPS) is 23.8.